The van der Waals surface area contributed by atoms with Crippen molar-refractivity contribution in [1.82, 2.24) is 15.5 Å². The molecule has 164 valence electrons. The van der Waals surface area contributed by atoms with Gasteiger partial charge in [-0.1, -0.05) is 0 Å². The number of hydrogen-bond acceptors (Lipinski definition) is 6. The van der Waals surface area contributed by atoms with Gasteiger partial charge < -0.3 is 10.2 Å². The molecule has 0 spiro atoms. The Bertz CT molecular complexity index is 967. The van der Waals surface area contributed by atoms with Crippen LogP contribution in [0.5, 0.6) is 0 Å². The second-order valence-electron chi connectivity index (χ2n) is 8.79. The highest BCUT2D eigenvalue weighted by Crippen LogP contribution is 2.38. The van der Waals surface area contributed by atoms with E-state index in [1.54, 1.807) is 0 Å². The summed E-state index contributed by atoms with van der Waals surface area (Å²) in [5.74, 6) is -2.38. The van der Waals surface area contributed by atoms with Crippen molar-refractivity contribution in [3.63, 3.8) is 0 Å². The van der Waals surface area contributed by atoms with Crippen molar-refractivity contribution >= 4 is 29.3 Å². The summed E-state index contributed by atoms with van der Waals surface area (Å²) >= 11 is 0. The van der Waals surface area contributed by atoms with E-state index in [2.05, 4.69) is 10.6 Å². The summed E-state index contributed by atoms with van der Waals surface area (Å²) in [4.78, 5) is 52.8. The number of rotatable bonds is 3. The van der Waals surface area contributed by atoms with Crippen molar-refractivity contribution in [3.05, 3.63) is 29.1 Å². The SMILES string of the molecule is O=C1CCC(N2C(=O)c3ccc(F)c(N4CCC(C5CCCN5)CC4)c3C2=O)C(=O)N1. The molecule has 2 unspecified atom stereocenters. The monoisotopic (exact) mass is 428 g/mol. The standard InChI is InChI=1S/C22H25FN4O4/c23-14-4-3-13-18(19(14)26-10-7-12(8-11-26)15-2-1-9-24-15)22(31)27(21(13)30)16-5-6-17(28)25-20(16)29/h3-4,12,15-16,24H,1-2,5-11H2,(H,25,28,29). The predicted octanol–water partition coefficient (Wildman–Crippen LogP) is 1.20. The molecule has 9 heteroatoms. The quantitative estimate of drug-likeness (QED) is 0.702. The number of halogens is 1. The van der Waals surface area contributed by atoms with Crippen molar-refractivity contribution in [2.45, 2.75) is 50.6 Å². The number of amides is 4. The largest absolute Gasteiger partial charge is 0.368 e. The van der Waals surface area contributed by atoms with E-state index in [-0.39, 0.29) is 29.7 Å². The van der Waals surface area contributed by atoms with E-state index in [1.165, 1.54) is 18.6 Å². The fourth-order valence-electron chi connectivity index (χ4n) is 5.46. The minimum atomic E-state index is -1.06. The van der Waals surface area contributed by atoms with Crippen LogP contribution >= 0.6 is 0 Å². The molecule has 0 bridgehead atoms. The molecule has 0 aliphatic carbocycles. The number of anilines is 1. The van der Waals surface area contributed by atoms with Gasteiger partial charge in [0.05, 0.1) is 16.8 Å². The van der Waals surface area contributed by atoms with Gasteiger partial charge >= 0.3 is 0 Å². The van der Waals surface area contributed by atoms with E-state index < -0.39 is 35.5 Å². The molecule has 8 nitrogen and oxygen atoms in total. The van der Waals surface area contributed by atoms with Crippen LogP contribution in [0, 0.1) is 11.7 Å². The van der Waals surface area contributed by atoms with Gasteiger partial charge in [-0.25, -0.2) is 4.39 Å². The average molecular weight is 428 g/mol. The third-order valence-corrected chi connectivity index (χ3v) is 7.06. The highest BCUT2D eigenvalue weighted by molar-refractivity contribution is 6.25. The molecule has 2 atom stereocenters. The Balaban J connectivity index is 1.41. The predicted molar refractivity (Wildman–Crippen MR) is 109 cm³/mol. The molecule has 4 amide bonds. The van der Waals surface area contributed by atoms with Crippen molar-refractivity contribution in [3.8, 4) is 0 Å². The Morgan fingerprint density at radius 1 is 0.968 bits per heavy atom. The number of nitrogens with zero attached hydrogens (tertiary/aromatic N) is 2. The summed E-state index contributed by atoms with van der Waals surface area (Å²) in [6, 6.07) is 1.98. The maximum absolute atomic E-state index is 15.0. The van der Waals surface area contributed by atoms with Crippen LogP contribution in [0.2, 0.25) is 0 Å². The Kier molecular flexibility index (Phi) is 5.00. The lowest BCUT2D eigenvalue weighted by Crippen LogP contribution is -2.54. The molecular formula is C22H25FN4O4. The molecule has 0 aromatic heterocycles. The average Bonchev–Trinajstić information content (AvgIpc) is 3.37. The van der Waals surface area contributed by atoms with E-state index in [0.717, 1.165) is 30.7 Å². The van der Waals surface area contributed by atoms with Crippen LogP contribution in [0.4, 0.5) is 10.1 Å². The lowest BCUT2D eigenvalue weighted by molar-refractivity contribution is -0.136. The van der Waals surface area contributed by atoms with Gasteiger partial charge in [0.2, 0.25) is 11.8 Å². The molecule has 0 radical (unpaired) electrons. The number of fused-ring (bicyclic) bond motifs is 1. The second kappa shape index (κ2) is 7.71. The van der Waals surface area contributed by atoms with Gasteiger partial charge in [-0.05, 0) is 56.7 Å². The van der Waals surface area contributed by atoms with Gasteiger partial charge in [0, 0.05) is 25.6 Å². The minimum Gasteiger partial charge on any atom is -0.368 e. The fourth-order valence-corrected chi connectivity index (χ4v) is 5.46. The molecule has 4 aliphatic rings. The molecule has 2 N–H and O–H groups in total. The zero-order chi connectivity index (χ0) is 21.7. The molecular weight excluding hydrogens is 403 g/mol. The maximum Gasteiger partial charge on any atom is 0.264 e. The maximum atomic E-state index is 15.0. The Morgan fingerprint density at radius 3 is 2.42 bits per heavy atom. The number of hydrogen-bond donors (Lipinski definition) is 2. The van der Waals surface area contributed by atoms with Crippen LogP contribution in [0.15, 0.2) is 12.1 Å². The minimum absolute atomic E-state index is 0.0344. The lowest BCUT2D eigenvalue weighted by Gasteiger charge is -2.37. The van der Waals surface area contributed by atoms with Crippen molar-refractivity contribution in [1.29, 1.82) is 0 Å². The summed E-state index contributed by atoms with van der Waals surface area (Å²) in [7, 11) is 0. The summed E-state index contributed by atoms with van der Waals surface area (Å²) in [5.41, 5.74) is 0.307. The summed E-state index contributed by atoms with van der Waals surface area (Å²) in [6.07, 6.45) is 4.24. The number of imide groups is 2. The second-order valence-corrected chi connectivity index (χ2v) is 8.79. The van der Waals surface area contributed by atoms with Crippen LogP contribution in [-0.4, -0.2) is 60.2 Å². The van der Waals surface area contributed by atoms with E-state index >= 15 is 0 Å². The van der Waals surface area contributed by atoms with Gasteiger partial charge in [0.15, 0.2) is 0 Å². The molecule has 1 aromatic rings. The van der Waals surface area contributed by atoms with Gasteiger partial charge in [-0.3, -0.25) is 29.4 Å². The first kappa shape index (κ1) is 20.1. The molecule has 3 saturated heterocycles. The Morgan fingerprint density at radius 2 is 1.74 bits per heavy atom. The van der Waals surface area contributed by atoms with E-state index in [9.17, 15) is 23.6 Å². The third-order valence-electron chi connectivity index (χ3n) is 7.06. The summed E-state index contributed by atoms with van der Waals surface area (Å²) < 4.78 is 15.0. The smallest absolute Gasteiger partial charge is 0.264 e. The number of piperidine rings is 2. The molecule has 4 heterocycles. The van der Waals surface area contributed by atoms with Gasteiger partial charge in [-0.2, -0.15) is 0 Å². The van der Waals surface area contributed by atoms with Crippen LogP contribution in [-0.2, 0) is 9.59 Å². The van der Waals surface area contributed by atoms with Gasteiger partial charge in [0.25, 0.3) is 11.8 Å². The van der Waals surface area contributed by atoms with Crippen LogP contribution in [0.25, 0.3) is 0 Å². The zero-order valence-corrected chi connectivity index (χ0v) is 17.2. The number of carbonyl (C=O) groups excluding carboxylic acids is 4. The van der Waals surface area contributed by atoms with E-state index in [4.69, 9.17) is 0 Å². The molecule has 1 aromatic carbocycles. The fraction of sp³-hybridized carbons (Fsp3) is 0.545. The summed E-state index contributed by atoms with van der Waals surface area (Å²) in [5, 5.41) is 5.72. The van der Waals surface area contributed by atoms with Crippen LogP contribution < -0.4 is 15.5 Å². The summed E-state index contributed by atoms with van der Waals surface area (Å²) in [6.45, 7) is 2.25. The van der Waals surface area contributed by atoms with E-state index in [0.29, 0.717) is 25.0 Å². The molecule has 4 aliphatic heterocycles. The Labute approximate surface area is 179 Å². The number of benzene rings is 1. The first-order valence-electron chi connectivity index (χ1n) is 11.0. The van der Waals surface area contributed by atoms with Gasteiger partial charge in [-0.15, -0.1) is 0 Å². The van der Waals surface area contributed by atoms with E-state index in [1.807, 2.05) is 4.90 Å². The van der Waals surface area contributed by atoms with Crippen molar-refractivity contribution < 1.29 is 23.6 Å². The first-order valence-corrected chi connectivity index (χ1v) is 11.0. The van der Waals surface area contributed by atoms with Crippen molar-refractivity contribution in [2.24, 2.45) is 5.92 Å². The highest BCUT2D eigenvalue weighted by Gasteiger charge is 2.47. The third kappa shape index (κ3) is 3.31. The normalized spacial score (nSPS) is 27.1. The first-order chi connectivity index (χ1) is 15.0. The molecule has 0 saturated carbocycles. The lowest BCUT2D eigenvalue weighted by atomic mass is 9.88. The van der Waals surface area contributed by atoms with Gasteiger partial charge in [0.1, 0.15) is 11.9 Å². The zero-order valence-electron chi connectivity index (χ0n) is 17.2. The number of carbonyl (C=O) groups is 4. The van der Waals surface area contributed by atoms with Crippen molar-refractivity contribution in [2.75, 3.05) is 24.5 Å². The van der Waals surface area contributed by atoms with Crippen LogP contribution in [0.3, 0.4) is 0 Å². The molecule has 5 rings (SSSR count). The number of nitrogens with one attached hydrogen (secondary N) is 2. The Hall–Kier alpha value is -2.81. The topological polar surface area (TPSA) is 98.8 Å². The molecule has 31 heavy (non-hydrogen) atoms. The van der Waals surface area contributed by atoms with Crippen LogP contribution in [0.1, 0.15) is 59.2 Å². The highest BCUT2D eigenvalue weighted by atomic mass is 19.1. The molecule has 3 fully saturated rings.